The number of rotatable bonds is 2. The lowest BCUT2D eigenvalue weighted by atomic mass is 10.1. The van der Waals surface area contributed by atoms with Crippen LogP contribution in [0.3, 0.4) is 0 Å². The molecule has 80 valence electrons. The first kappa shape index (κ1) is 10.5. The van der Waals surface area contributed by atoms with E-state index in [1.807, 2.05) is 29.0 Å². The maximum atomic E-state index is 5.37. The lowest BCUT2D eigenvalue weighted by Gasteiger charge is -2.04. The van der Waals surface area contributed by atoms with Crippen molar-refractivity contribution in [1.82, 2.24) is 9.55 Å². The Morgan fingerprint density at radius 2 is 2.19 bits per heavy atom. The molecular formula is C13H13N3. The zero-order chi connectivity index (χ0) is 11.2. The summed E-state index contributed by atoms with van der Waals surface area (Å²) in [7, 11) is 0. The molecule has 2 rings (SSSR count). The average Bonchev–Trinajstić information content (AvgIpc) is 2.81. The van der Waals surface area contributed by atoms with Crippen LogP contribution in [0, 0.1) is 11.8 Å². The Hall–Kier alpha value is -2.05. The quantitative estimate of drug-likeness (QED) is 0.759. The van der Waals surface area contributed by atoms with Gasteiger partial charge in [-0.3, -0.25) is 0 Å². The van der Waals surface area contributed by atoms with Gasteiger partial charge in [-0.05, 0) is 11.6 Å². The normalized spacial score (nSPS) is 9.56. The highest BCUT2D eigenvalue weighted by molar-refractivity contribution is 5.41. The standard InChI is InChI=1S/C13H13N3/c14-7-3-6-12-4-1-2-5-13(12)10-16-9-8-15-11-16/h1-2,4-5,8-9,11H,7,10,14H2. The van der Waals surface area contributed by atoms with Crippen molar-refractivity contribution >= 4 is 0 Å². The molecule has 0 unspecified atom stereocenters. The van der Waals surface area contributed by atoms with Crippen LogP contribution < -0.4 is 5.73 Å². The zero-order valence-corrected chi connectivity index (χ0v) is 8.93. The van der Waals surface area contributed by atoms with Crippen LogP contribution in [-0.4, -0.2) is 16.1 Å². The van der Waals surface area contributed by atoms with Gasteiger partial charge >= 0.3 is 0 Å². The second-order valence-corrected chi connectivity index (χ2v) is 3.40. The van der Waals surface area contributed by atoms with Gasteiger partial charge in [-0.25, -0.2) is 4.98 Å². The highest BCUT2D eigenvalue weighted by Crippen LogP contribution is 2.09. The van der Waals surface area contributed by atoms with Gasteiger partial charge in [0.2, 0.25) is 0 Å². The van der Waals surface area contributed by atoms with Gasteiger partial charge in [0.15, 0.2) is 0 Å². The third kappa shape index (κ3) is 2.50. The lowest BCUT2D eigenvalue weighted by Crippen LogP contribution is -1.99. The molecule has 0 spiro atoms. The molecule has 3 nitrogen and oxygen atoms in total. The fourth-order valence-electron chi connectivity index (χ4n) is 1.50. The van der Waals surface area contributed by atoms with Gasteiger partial charge in [0.05, 0.1) is 12.9 Å². The minimum Gasteiger partial charge on any atom is -0.333 e. The largest absolute Gasteiger partial charge is 0.333 e. The molecule has 0 saturated carbocycles. The smallest absolute Gasteiger partial charge is 0.0949 e. The van der Waals surface area contributed by atoms with Crippen LogP contribution in [0.1, 0.15) is 11.1 Å². The van der Waals surface area contributed by atoms with Crippen LogP contribution in [0.2, 0.25) is 0 Å². The summed E-state index contributed by atoms with van der Waals surface area (Å²) in [6.45, 7) is 1.18. The first-order valence-corrected chi connectivity index (χ1v) is 5.13. The molecule has 2 N–H and O–H groups in total. The monoisotopic (exact) mass is 211 g/mol. The molecule has 0 fully saturated rings. The van der Waals surface area contributed by atoms with Crippen LogP contribution in [-0.2, 0) is 6.54 Å². The average molecular weight is 211 g/mol. The number of hydrogen-bond donors (Lipinski definition) is 1. The minimum atomic E-state index is 0.388. The Bertz CT molecular complexity index is 503. The number of benzene rings is 1. The summed E-state index contributed by atoms with van der Waals surface area (Å²) in [6.07, 6.45) is 5.51. The van der Waals surface area contributed by atoms with Crippen LogP contribution in [0.4, 0.5) is 0 Å². The Morgan fingerprint density at radius 1 is 1.31 bits per heavy atom. The predicted octanol–water partition coefficient (Wildman–Crippen LogP) is 1.24. The molecule has 1 aromatic heterocycles. The van der Waals surface area contributed by atoms with Crippen molar-refractivity contribution in [2.45, 2.75) is 6.54 Å². The molecular weight excluding hydrogens is 198 g/mol. The van der Waals surface area contributed by atoms with E-state index in [9.17, 15) is 0 Å². The Balaban J connectivity index is 2.26. The van der Waals surface area contributed by atoms with Crippen molar-refractivity contribution in [2.75, 3.05) is 6.54 Å². The molecule has 1 aromatic carbocycles. The van der Waals surface area contributed by atoms with E-state index >= 15 is 0 Å². The third-order valence-electron chi connectivity index (χ3n) is 2.25. The molecule has 0 radical (unpaired) electrons. The topological polar surface area (TPSA) is 43.8 Å². The molecule has 0 atom stereocenters. The van der Waals surface area contributed by atoms with E-state index in [4.69, 9.17) is 5.73 Å². The highest BCUT2D eigenvalue weighted by atomic mass is 15.0. The molecule has 0 aliphatic carbocycles. The maximum absolute atomic E-state index is 5.37. The van der Waals surface area contributed by atoms with Crippen molar-refractivity contribution in [2.24, 2.45) is 5.73 Å². The molecule has 1 heterocycles. The number of aromatic nitrogens is 2. The Kier molecular flexibility index (Phi) is 3.37. The van der Waals surface area contributed by atoms with Gasteiger partial charge in [0, 0.05) is 24.5 Å². The highest BCUT2D eigenvalue weighted by Gasteiger charge is 1.99. The van der Waals surface area contributed by atoms with Gasteiger partial charge in [0.1, 0.15) is 0 Å². The van der Waals surface area contributed by atoms with E-state index in [-0.39, 0.29) is 0 Å². The molecule has 0 aliphatic rings. The van der Waals surface area contributed by atoms with Crippen molar-refractivity contribution in [3.8, 4) is 11.8 Å². The van der Waals surface area contributed by atoms with E-state index in [0.717, 1.165) is 12.1 Å². The van der Waals surface area contributed by atoms with E-state index in [1.165, 1.54) is 5.56 Å². The molecule has 0 bridgehead atoms. The van der Waals surface area contributed by atoms with Gasteiger partial charge in [0.25, 0.3) is 0 Å². The number of nitrogens with zero attached hydrogens (tertiary/aromatic N) is 2. The summed E-state index contributed by atoms with van der Waals surface area (Å²) in [6, 6.07) is 8.08. The molecule has 0 amide bonds. The van der Waals surface area contributed by atoms with E-state index in [1.54, 1.807) is 12.5 Å². The summed E-state index contributed by atoms with van der Waals surface area (Å²) in [5.41, 5.74) is 7.58. The van der Waals surface area contributed by atoms with Gasteiger partial charge in [-0.15, -0.1) is 0 Å². The summed E-state index contributed by atoms with van der Waals surface area (Å²) >= 11 is 0. The molecule has 3 heteroatoms. The van der Waals surface area contributed by atoms with Crippen molar-refractivity contribution in [3.63, 3.8) is 0 Å². The van der Waals surface area contributed by atoms with Crippen molar-refractivity contribution in [1.29, 1.82) is 0 Å². The van der Waals surface area contributed by atoms with Crippen LogP contribution in [0.25, 0.3) is 0 Å². The SMILES string of the molecule is NCC#Cc1ccccc1Cn1ccnc1. The number of imidazole rings is 1. The van der Waals surface area contributed by atoms with E-state index in [2.05, 4.69) is 22.9 Å². The van der Waals surface area contributed by atoms with Gasteiger partial charge in [-0.2, -0.15) is 0 Å². The Morgan fingerprint density at radius 3 is 2.94 bits per heavy atom. The lowest BCUT2D eigenvalue weighted by molar-refractivity contribution is 0.795. The number of hydrogen-bond acceptors (Lipinski definition) is 2. The van der Waals surface area contributed by atoms with Crippen molar-refractivity contribution < 1.29 is 0 Å². The second-order valence-electron chi connectivity index (χ2n) is 3.40. The summed E-state index contributed by atoms with van der Waals surface area (Å²) in [4.78, 5) is 4.02. The predicted molar refractivity (Wildman–Crippen MR) is 63.7 cm³/mol. The summed E-state index contributed by atoms with van der Waals surface area (Å²) in [5, 5.41) is 0. The van der Waals surface area contributed by atoms with Crippen molar-refractivity contribution in [3.05, 3.63) is 54.1 Å². The van der Waals surface area contributed by atoms with Gasteiger partial charge in [-0.1, -0.05) is 30.0 Å². The molecule has 2 aromatic rings. The fourth-order valence-corrected chi connectivity index (χ4v) is 1.50. The van der Waals surface area contributed by atoms with Crippen LogP contribution >= 0.6 is 0 Å². The minimum absolute atomic E-state index is 0.388. The van der Waals surface area contributed by atoms with Crippen LogP contribution in [0.5, 0.6) is 0 Å². The summed E-state index contributed by atoms with van der Waals surface area (Å²) in [5.74, 6) is 5.95. The zero-order valence-electron chi connectivity index (χ0n) is 8.93. The van der Waals surface area contributed by atoms with Gasteiger partial charge < -0.3 is 10.3 Å². The second kappa shape index (κ2) is 5.15. The third-order valence-corrected chi connectivity index (χ3v) is 2.25. The van der Waals surface area contributed by atoms with Crippen LogP contribution in [0.15, 0.2) is 43.0 Å². The molecule has 16 heavy (non-hydrogen) atoms. The first-order chi connectivity index (χ1) is 7.90. The first-order valence-electron chi connectivity index (χ1n) is 5.13. The maximum Gasteiger partial charge on any atom is 0.0949 e. The van der Waals surface area contributed by atoms with E-state index < -0.39 is 0 Å². The fraction of sp³-hybridized carbons (Fsp3) is 0.154. The van der Waals surface area contributed by atoms with E-state index in [0.29, 0.717) is 6.54 Å². The Labute approximate surface area is 94.9 Å². The molecule has 0 saturated heterocycles. The summed E-state index contributed by atoms with van der Waals surface area (Å²) < 4.78 is 2.02. The number of nitrogens with two attached hydrogens (primary N) is 1. The molecule has 0 aliphatic heterocycles.